The van der Waals surface area contributed by atoms with Crippen molar-refractivity contribution in [2.75, 3.05) is 11.3 Å². The number of rotatable bonds is 6. The minimum Gasteiger partial charge on any atom is -0.328 e. The van der Waals surface area contributed by atoms with Crippen LogP contribution in [-0.2, 0) is 28.4 Å². The minimum absolute atomic E-state index is 0.0900. The monoisotopic (exact) mass is 313 g/mol. The normalized spacial score (nSPS) is 14.8. The second-order valence-electron chi connectivity index (χ2n) is 3.86. The molecule has 1 atom stereocenters. The Bertz CT molecular complexity index is 454. The molecule has 0 bridgehead atoms. The summed E-state index contributed by atoms with van der Waals surface area (Å²) in [6.45, 7) is 2.53. The third kappa shape index (κ3) is 3.66. The lowest BCUT2D eigenvalue weighted by molar-refractivity contribution is -0.202. The van der Waals surface area contributed by atoms with Gasteiger partial charge in [0.1, 0.15) is 5.82 Å². The van der Waals surface area contributed by atoms with Gasteiger partial charge in [-0.25, -0.2) is 4.89 Å². The maximum Gasteiger partial charge on any atom is 0.318 e. The molecule has 9 heteroatoms. The molecule has 18 heavy (non-hydrogen) atoms. The number of aromatic nitrogens is 2. The van der Waals surface area contributed by atoms with Crippen LogP contribution in [0.4, 0.5) is 5.82 Å². The quantitative estimate of drug-likeness (QED) is 0.494. The number of hydrogen-bond donors (Lipinski definition) is 1. The second kappa shape index (κ2) is 6.32. The fourth-order valence-corrected chi connectivity index (χ4v) is 3.98. The number of aryl methyl sites for hydroxylation is 1. The van der Waals surface area contributed by atoms with E-state index in [-0.39, 0.29) is 6.04 Å². The number of nitrogens with zero attached hydrogens (tertiary/aromatic N) is 3. The highest BCUT2D eigenvalue weighted by molar-refractivity contribution is 8.10. The van der Waals surface area contributed by atoms with E-state index in [9.17, 15) is 4.89 Å². The zero-order valence-corrected chi connectivity index (χ0v) is 13.2. The molecule has 0 aliphatic rings. The van der Waals surface area contributed by atoms with Gasteiger partial charge in [-0.05, 0) is 32.6 Å². The van der Waals surface area contributed by atoms with E-state index >= 15 is 0 Å². The third-order valence-electron chi connectivity index (χ3n) is 2.09. The van der Waals surface area contributed by atoms with Gasteiger partial charge in [0.2, 0.25) is 0 Å². The predicted molar refractivity (Wildman–Crippen MR) is 75.0 cm³/mol. The summed E-state index contributed by atoms with van der Waals surface area (Å²) in [5, 5.41) is 4.34. The van der Waals surface area contributed by atoms with Crippen LogP contribution in [0.25, 0.3) is 0 Å². The lowest BCUT2D eigenvalue weighted by Gasteiger charge is -2.33. The molecule has 1 rings (SSSR count). The van der Waals surface area contributed by atoms with Gasteiger partial charge in [0.05, 0.1) is 6.61 Å². The maximum atomic E-state index is 10.3. The summed E-state index contributed by atoms with van der Waals surface area (Å²) in [5.41, 5.74) is 0. The fourth-order valence-electron chi connectivity index (χ4n) is 1.48. The minimum atomic E-state index is -3.29. The summed E-state index contributed by atoms with van der Waals surface area (Å²) < 4.78 is 8.03. The Morgan fingerprint density at radius 2 is 2.28 bits per heavy atom. The van der Waals surface area contributed by atoms with Crippen LogP contribution >= 0.6 is 18.2 Å². The van der Waals surface area contributed by atoms with E-state index in [2.05, 4.69) is 5.10 Å². The van der Waals surface area contributed by atoms with E-state index in [1.54, 1.807) is 24.7 Å². The molecule has 0 aliphatic carbocycles. The highest BCUT2D eigenvalue weighted by Gasteiger charge is 2.31. The van der Waals surface area contributed by atoms with Gasteiger partial charge < -0.3 is 4.89 Å². The van der Waals surface area contributed by atoms with E-state index in [1.165, 1.54) is 4.68 Å². The Kier molecular flexibility index (Phi) is 5.58. The van der Waals surface area contributed by atoms with E-state index in [0.29, 0.717) is 17.6 Å². The topological polar surface area (TPSA) is 59.8 Å². The largest absolute Gasteiger partial charge is 0.328 e. The van der Waals surface area contributed by atoms with Crippen molar-refractivity contribution >= 4 is 35.9 Å². The Hall–Kier alpha value is -0.170. The standard InChI is InChI=1S/C9H17ClN3O3PS/c1-5-15-16-17(14,18)13(7(2)3)9-6-8(10)11-12(9)4/h6-7H,5H2,1-4H3,(H,14,18). The lowest BCUT2D eigenvalue weighted by atomic mass is 10.4. The van der Waals surface area contributed by atoms with Crippen molar-refractivity contribution in [3.8, 4) is 0 Å². The molecule has 104 valence electrons. The highest BCUT2D eigenvalue weighted by atomic mass is 35.5. The van der Waals surface area contributed by atoms with Gasteiger partial charge in [-0.2, -0.15) is 9.77 Å². The summed E-state index contributed by atoms with van der Waals surface area (Å²) >= 11 is 11.0. The van der Waals surface area contributed by atoms with Crippen molar-refractivity contribution in [1.82, 2.24) is 9.78 Å². The van der Waals surface area contributed by atoms with E-state index in [4.69, 9.17) is 33.0 Å². The summed E-state index contributed by atoms with van der Waals surface area (Å²) in [6, 6.07) is 1.53. The Morgan fingerprint density at radius 1 is 1.67 bits per heavy atom. The number of anilines is 1. The first kappa shape index (κ1) is 15.9. The zero-order valence-electron chi connectivity index (χ0n) is 10.7. The predicted octanol–water partition coefficient (Wildman–Crippen LogP) is 2.47. The van der Waals surface area contributed by atoms with Gasteiger partial charge in [0.15, 0.2) is 5.15 Å². The molecule has 1 aromatic rings. The van der Waals surface area contributed by atoms with Crippen molar-refractivity contribution < 1.29 is 14.5 Å². The average Bonchev–Trinajstić information content (AvgIpc) is 2.54. The Morgan fingerprint density at radius 3 is 2.67 bits per heavy atom. The van der Waals surface area contributed by atoms with Crippen molar-refractivity contribution in [2.24, 2.45) is 7.05 Å². The first-order valence-corrected chi connectivity index (χ1v) is 8.43. The van der Waals surface area contributed by atoms with Gasteiger partial charge >= 0.3 is 6.64 Å². The van der Waals surface area contributed by atoms with Gasteiger partial charge in [0.25, 0.3) is 0 Å². The molecule has 0 saturated carbocycles. The van der Waals surface area contributed by atoms with E-state index in [1.807, 2.05) is 13.8 Å². The van der Waals surface area contributed by atoms with Crippen LogP contribution in [0.1, 0.15) is 20.8 Å². The van der Waals surface area contributed by atoms with Crippen molar-refractivity contribution in [3.63, 3.8) is 0 Å². The molecule has 6 nitrogen and oxygen atoms in total. The lowest BCUT2D eigenvalue weighted by Crippen LogP contribution is -2.30. The molecular weight excluding hydrogens is 297 g/mol. The highest BCUT2D eigenvalue weighted by Crippen LogP contribution is 2.51. The maximum absolute atomic E-state index is 10.3. The first-order chi connectivity index (χ1) is 8.29. The van der Waals surface area contributed by atoms with Crippen LogP contribution in [0.15, 0.2) is 6.07 Å². The van der Waals surface area contributed by atoms with Gasteiger partial charge in [-0.3, -0.25) is 9.35 Å². The smallest absolute Gasteiger partial charge is 0.318 e. The first-order valence-electron chi connectivity index (χ1n) is 5.42. The second-order valence-corrected chi connectivity index (χ2v) is 7.23. The van der Waals surface area contributed by atoms with Crippen LogP contribution in [-0.4, -0.2) is 27.3 Å². The van der Waals surface area contributed by atoms with Crippen molar-refractivity contribution in [3.05, 3.63) is 11.2 Å². The van der Waals surface area contributed by atoms with Crippen LogP contribution in [0.5, 0.6) is 0 Å². The summed E-state index contributed by atoms with van der Waals surface area (Å²) in [7, 11) is 1.71. The summed E-state index contributed by atoms with van der Waals surface area (Å²) in [4.78, 5) is 15.1. The molecule has 0 aliphatic heterocycles. The van der Waals surface area contributed by atoms with Crippen molar-refractivity contribution in [2.45, 2.75) is 26.8 Å². The van der Waals surface area contributed by atoms with E-state index in [0.717, 1.165) is 0 Å². The van der Waals surface area contributed by atoms with E-state index < -0.39 is 6.64 Å². The molecule has 1 aromatic heterocycles. The van der Waals surface area contributed by atoms with Gasteiger partial charge in [-0.1, -0.05) is 11.6 Å². The molecule has 0 radical (unpaired) electrons. The summed E-state index contributed by atoms with van der Waals surface area (Å²) in [6.07, 6.45) is 0. The zero-order chi connectivity index (χ0) is 13.9. The van der Waals surface area contributed by atoms with Gasteiger partial charge in [-0.15, -0.1) is 0 Å². The molecule has 0 aromatic carbocycles. The molecule has 0 spiro atoms. The number of halogens is 1. The van der Waals surface area contributed by atoms with Crippen LogP contribution in [0.3, 0.4) is 0 Å². The molecule has 1 heterocycles. The Balaban J connectivity index is 3.10. The third-order valence-corrected chi connectivity index (χ3v) is 4.50. The Labute approximate surface area is 117 Å². The molecule has 1 N–H and O–H groups in total. The van der Waals surface area contributed by atoms with Crippen LogP contribution in [0, 0.1) is 0 Å². The van der Waals surface area contributed by atoms with Crippen LogP contribution in [0.2, 0.25) is 5.15 Å². The average molecular weight is 314 g/mol. The molecule has 0 saturated heterocycles. The molecular formula is C9H17ClN3O3PS. The SMILES string of the molecule is CCOOP(O)(=S)N(c1cc(Cl)nn1C)C(C)C. The molecule has 0 fully saturated rings. The van der Waals surface area contributed by atoms with Crippen LogP contribution < -0.4 is 4.67 Å². The summed E-state index contributed by atoms with van der Waals surface area (Å²) in [5.74, 6) is 0.584. The molecule has 0 amide bonds. The van der Waals surface area contributed by atoms with Crippen molar-refractivity contribution in [1.29, 1.82) is 0 Å². The fraction of sp³-hybridized carbons (Fsp3) is 0.667. The molecule has 1 unspecified atom stereocenters. The number of hydrogen-bond acceptors (Lipinski definition) is 4. The van der Waals surface area contributed by atoms with Gasteiger partial charge in [0, 0.05) is 19.2 Å².